The topological polar surface area (TPSA) is 70.7 Å². The summed E-state index contributed by atoms with van der Waals surface area (Å²) in [7, 11) is 1.86. The average Bonchev–Trinajstić information content (AvgIpc) is 3.21. The summed E-state index contributed by atoms with van der Waals surface area (Å²) in [6, 6.07) is 7.35. The smallest absolute Gasteiger partial charge is 0.275 e. The molecule has 1 aromatic carbocycles. The van der Waals surface area contributed by atoms with Crippen molar-refractivity contribution < 1.29 is 5.11 Å². The number of benzene rings is 1. The van der Waals surface area contributed by atoms with Gasteiger partial charge in [-0.1, -0.05) is 30.7 Å². The third-order valence-corrected chi connectivity index (χ3v) is 6.17. The Morgan fingerprint density at radius 2 is 2.21 bits per heavy atom. The van der Waals surface area contributed by atoms with E-state index in [2.05, 4.69) is 16.7 Å². The summed E-state index contributed by atoms with van der Waals surface area (Å²) in [5.41, 5.74) is 2.61. The van der Waals surface area contributed by atoms with Gasteiger partial charge in [0.15, 0.2) is 0 Å². The first-order valence-electron chi connectivity index (χ1n) is 10.6. The van der Waals surface area contributed by atoms with Crippen molar-refractivity contribution in [2.75, 3.05) is 18.5 Å². The molecule has 3 aromatic rings. The summed E-state index contributed by atoms with van der Waals surface area (Å²) in [5, 5.41) is 10.4. The molecule has 0 spiro atoms. The van der Waals surface area contributed by atoms with E-state index in [-0.39, 0.29) is 5.56 Å². The van der Waals surface area contributed by atoms with Crippen LogP contribution in [-0.4, -0.2) is 41.1 Å². The Bertz CT molecular complexity index is 1290. The van der Waals surface area contributed by atoms with Crippen molar-refractivity contribution in [3.8, 4) is 5.69 Å². The number of allylic oxidation sites excluding steroid dienone is 5. The first-order valence-corrected chi connectivity index (χ1v) is 11.8. The van der Waals surface area contributed by atoms with Gasteiger partial charge < -0.3 is 10.0 Å². The zero-order valence-electron chi connectivity index (χ0n) is 18.9. The molecule has 1 unspecified atom stereocenters. The van der Waals surface area contributed by atoms with E-state index >= 15 is 0 Å². The van der Waals surface area contributed by atoms with Crippen molar-refractivity contribution in [2.24, 2.45) is 4.99 Å². The number of rotatable bonds is 9. The van der Waals surface area contributed by atoms with E-state index in [0.717, 1.165) is 17.0 Å². The van der Waals surface area contributed by atoms with Crippen LogP contribution < -0.4 is 10.5 Å². The van der Waals surface area contributed by atoms with E-state index in [4.69, 9.17) is 11.6 Å². The van der Waals surface area contributed by atoms with E-state index in [1.54, 1.807) is 13.0 Å². The lowest BCUT2D eigenvalue weighted by atomic mass is 10.2. The van der Waals surface area contributed by atoms with Gasteiger partial charge in [0.2, 0.25) is 0 Å². The number of aliphatic hydroxyl groups excluding tert-OH is 1. The fourth-order valence-corrected chi connectivity index (χ4v) is 4.43. The highest BCUT2D eigenvalue weighted by Gasteiger charge is 2.14. The molecule has 0 aliphatic carbocycles. The van der Waals surface area contributed by atoms with Crippen LogP contribution in [0.4, 0.5) is 11.4 Å². The number of hydrogen-bond donors (Lipinski definition) is 1. The van der Waals surface area contributed by atoms with Gasteiger partial charge in [0, 0.05) is 23.5 Å². The van der Waals surface area contributed by atoms with Crippen molar-refractivity contribution in [3.63, 3.8) is 0 Å². The Morgan fingerprint density at radius 1 is 1.42 bits per heavy atom. The van der Waals surface area contributed by atoms with Crippen molar-refractivity contribution in [2.45, 2.75) is 26.4 Å². The zero-order chi connectivity index (χ0) is 24.0. The fourth-order valence-electron chi connectivity index (χ4n) is 3.31. The molecule has 1 N–H and O–H groups in total. The quantitative estimate of drug-likeness (QED) is 0.314. The summed E-state index contributed by atoms with van der Waals surface area (Å²) in [6.07, 6.45) is 11.4. The molecule has 33 heavy (non-hydrogen) atoms. The molecule has 0 fully saturated rings. The standard InChI is InChI=1S/C25H27ClN4O2S/c1-5-6-8-18(26)9-7-10-20-14-22-24(33-20)25(32)30(16-28-22)19-11-12-21(27-3)23(13-19)29(4)15-17(2)31/h6-14,16-17,31H,3,5,15H2,1-2,4H3/b8-6-,10-7+,18-9+. The van der Waals surface area contributed by atoms with Crippen molar-refractivity contribution in [3.05, 3.63) is 75.2 Å². The lowest BCUT2D eigenvalue weighted by Crippen LogP contribution is -2.27. The van der Waals surface area contributed by atoms with Gasteiger partial charge in [0.05, 0.1) is 28.7 Å². The Balaban J connectivity index is 1.97. The van der Waals surface area contributed by atoms with Crippen LogP contribution in [0.5, 0.6) is 0 Å². The van der Waals surface area contributed by atoms with Crippen LogP contribution in [0.3, 0.4) is 0 Å². The molecular weight excluding hydrogens is 456 g/mol. The SMILES string of the molecule is C=Nc1ccc(-n2cnc3cc(/C=C/C=C(Cl)\C=C/CC)sc3c2=O)cc1N(C)CC(C)O. The predicted molar refractivity (Wildman–Crippen MR) is 142 cm³/mol. The summed E-state index contributed by atoms with van der Waals surface area (Å²) in [5.74, 6) is 0. The van der Waals surface area contributed by atoms with Crippen LogP contribution in [-0.2, 0) is 0 Å². The monoisotopic (exact) mass is 482 g/mol. The molecule has 0 bridgehead atoms. The van der Waals surface area contributed by atoms with Gasteiger partial charge in [-0.3, -0.25) is 14.4 Å². The minimum absolute atomic E-state index is 0.146. The first kappa shape index (κ1) is 24.6. The number of thiophene rings is 1. The van der Waals surface area contributed by atoms with Gasteiger partial charge in [-0.25, -0.2) is 4.98 Å². The van der Waals surface area contributed by atoms with Crippen LogP contribution in [0.15, 0.2) is 69.7 Å². The third-order valence-electron chi connectivity index (χ3n) is 4.84. The van der Waals surface area contributed by atoms with Gasteiger partial charge in [0.25, 0.3) is 5.56 Å². The van der Waals surface area contributed by atoms with Crippen LogP contribution in [0.2, 0.25) is 0 Å². The fraction of sp³-hybridized carbons (Fsp3) is 0.240. The van der Waals surface area contributed by atoms with Crippen molar-refractivity contribution in [1.29, 1.82) is 0 Å². The van der Waals surface area contributed by atoms with Gasteiger partial charge in [0.1, 0.15) is 11.0 Å². The number of aliphatic imine (C=N–C) groups is 1. The van der Waals surface area contributed by atoms with E-state index < -0.39 is 6.10 Å². The number of aliphatic hydroxyl groups is 1. The van der Waals surface area contributed by atoms with E-state index in [1.165, 1.54) is 22.2 Å². The zero-order valence-corrected chi connectivity index (χ0v) is 20.5. The molecule has 2 aromatic heterocycles. The maximum absolute atomic E-state index is 13.2. The third kappa shape index (κ3) is 6.07. The predicted octanol–water partition coefficient (Wildman–Crippen LogP) is 5.70. The van der Waals surface area contributed by atoms with Crippen LogP contribution in [0.1, 0.15) is 25.1 Å². The number of halogens is 1. The molecule has 6 nitrogen and oxygen atoms in total. The maximum Gasteiger partial charge on any atom is 0.275 e. The maximum atomic E-state index is 13.2. The van der Waals surface area contributed by atoms with Crippen molar-refractivity contribution >= 4 is 57.3 Å². The number of likely N-dealkylation sites (N-methyl/N-ethyl adjacent to an activating group) is 1. The number of nitrogens with zero attached hydrogens (tertiary/aromatic N) is 4. The van der Waals surface area contributed by atoms with Gasteiger partial charge in [-0.15, -0.1) is 11.3 Å². The number of anilines is 1. The average molecular weight is 483 g/mol. The first-order chi connectivity index (χ1) is 15.8. The van der Waals surface area contributed by atoms with Crippen molar-refractivity contribution in [1.82, 2.24) is 9.55 Å². The van der Waals surface area contributed by atoms with Crippen LogP contribution in [0, 0.1) is 0 Å². The molecular formula is C25H27ClN4O2S. The Hall–Kier alpha value is -3.00. The molecule has 1 atom stereocenters. The normalized spacial score (nSPS) is 13.3. The Labute approximate surface area is 202 Å². The highest BCUT2D eigenvalue weighted by atomic mass is 35.5. The minimum atomic E-state index is -0.512. The van der Waals surface area contributed by atoms with E-state index in [0.29, 0.717) is 33.2 Å². The minimum Gasteiger partial charge on any atom is -0.392 e. The summed E-state index contributed by atoms with van der Waals surface area (Å²) >= 11 is 7.52. The van der Waals surface area contributed by atoms with Gasteiger partial charge in [-0.2, -0.15) is 0 Å². The lowest BCUT2D eigenvalue weighted by molar-refractivity contribution is 0.201. The number of fused-ring (bicyclic) bond motifs is 1. The second kappa shape index (κ2) is 11.2. The Kier molecular flexibility index (Phi) is 8.38. The van der Waals surface area contributed by atoms with Gasteiger partial charge in [-0.05, 0) is 62.6 Å². The lowest BCUT2D eigenvalue weighted by Gasteiger charge is -2.23. The molecule has 8 heteroatoms. The second-order valence-corrected chi connectivity index (χ2v) is 9.09. The molecule has 0 aliphatic rings. The Morgan fingerprint density at radius 3 is 2.91 bits per heavy atom. The highest BCUT2D eigenvalue weighted by Crippen LogP contribution is 2.30. The van der Waals surface area contributed by atoms with Gasteiger partial charge >= 0.3 is 0 Å². The number of hydrogen-bond acceptors (Lipinski definition) is 6. The molecule has 3 rings (SSSR count). The molecule has 0 saturated heterocycles. The molecule has 0 saturated carbocycles. The summed E-state index contributed by atoms with van der Waals surface area (Å²) in [4.78, 5) is 24.6. The largest absolute Gasteiger partial charge is 0.392 e. The van der Waals surface area contributed by atoms with Crippen LogP contribution in [0.25, 0.3) is 22.0 Å². The van der Waals surface area contributed by atoms with Crippen LogP contribution >= 0.6 is 22.9 Å². The number of aromatic nitrogens is 2. The van der Waals surface area contributed by atoms with E-state index in [1.807, 2.05) is 67.5 Å². The molecule has 2 heterocycles. The molecule has 0 amide bonds. The highest BCUT2D eigenvalue weighted by molar-refractivity contribution is 7.19. The summed E-state index contributed by atoms with van der Waals surface area (Å²) in [6.45, 7) is 7.82. The summed E-state index contributed by atoms with van der Waals surface area (Å²) < 4.78 is 2.09. The molecule has 0 radical (unpaired) electrons. The molecule has 0 aliphatic heterocycles. The van der Waals surface area contributed by atoms with E-state index in [9.17, 15) is 9.90 Å². The second-order valence-electron chi connectivity index (χ2n) is 7.56. The molecule has 172 valence electrons.